The van der Waals surface area contributed by atoms with E-state index in [2.05, 4.69) is 378 Å². The molecule has 3 nitrogen and oxygen atoms in total. The van der Waals surface area contributed by atoms with E-state index in [0.717, 1.165) is 167 Å². The third-order valence-corrected chi connectivity index (χ3v) is 28.9. The van der Waals surface area contributed by atoms with Gasteiger partial charge in [-0.15, -0.1) is 0 Å². The van der Waals surface area contributed by atoms with Gasteiger partial charge < -0.3 is 14.7 Å². The highest BCUT2D eigenvalue weighted by Gasteiger charge is 2.53. The lowest BCUT2D eigenvalue weighted by Gasteiger charge is -2.47. The van der Waals surface area contributed by atoms with E-state index in [0.29, 0.717) is 33.9 Å². The third kappa shape index (κ3) is 12.5. The molecule has 20 aromatic carbocycles. The van der Waals surface area contributed by atoms with E-state index < -0.39 is 131 Å². The van der Waals surface area contributed by atoms with E-state index in [4.69, 9.17) is 0 Å². The molecule has 0 radical (unpaired) electrons. The monoisotopic (exact) mass is 1740 g/mol. The van der Waals surface area contributed by atoms with Crippen LogP contribution in [0, 0.1) is 0 Å². The molecule has 3 aliphatic heterocycles. The normalized spacial score (nSPS) is 15.5. The van der Waals surface area contributed by atoms with Crippen molar-refractivity contribution in [2.24, 2.45) is 0 Å². The van der Waals surface area contributed by atoms with Crippen molar-refractivity contribution in [3.8, 4) is 111 Å². The van der Waals surface area contributed by atoms with Crippen LogP contribution in [0.3, 0.4) is 0 Å². The molecule has 0 N–H and O–H groups in total. The first-order valence-electron chi connectivity index (χ1n) is 54.5. The third-order valence-electron chi connectivity index (χ3n) is 28.9. The minimum absolute atomic E-state index is 0.0156. The molecule has 638 valence electrons. The number of anilines is 9. The Morgan fingerprint density at radius 1 is 0.237 bits per heavy atom. The van der Waals surface area contributed by atoms with Crippen LogP contribution in [0.25, 0.3) is 111 Å². The van der Waals surface area contributed by atoms with Gasteiger partial charge in [0.2, 0.25) is 0 Å². The zero-order chi connectivity index (χ0) is 104. The Morgan fingerprint density at radius 2 is 0.585 bits per heavy atom. The average molecular weight is 1740 g/mol. The first kappa shape index (κ1) is 64.6. The molecular formula is C131H96BN3. The van der Waals surface area contributed by atoms with Crippen molar-refractivity contribution in [1.82, 2.24) is 0 Å². The van der Waals surface area contributed by atoms with E-state index in [1.165, 1.54) is 0 Å². The fourth-order valence-electron chi connectivity index (χ4n) is 22.8. The van der Waals surface area contributed by atoms with Gasteiger partial charge in [0.15, 0.2) is 0 Å². The van der Waals surface area contributed by atoms with E-state index in [1.54, 1.807) is 0 Å². The Balaban J connectivity index is 0.884. The summed E-state index contributed by atoms with van der Waals surface area (Å²) >= 11 is 0. The van der Waals surface area contributed by atoms with Crippen LogP contribution in [-0.2, 0) is 16.2 Å². The van der Waals surface area contributed by atoms with Gasteiger partial charge in [-0.05, 0) is 274 Å². The Hall–Kier alpha value is -16.1. The standard InChI is InChI=1S/C131H96BN3/c1-129(2,3)95-79-108(85-42-16-9-17-43-85)127(109(80-95)86-44-18-10-19-45-86)134-120-75-92(124-104-58-26-22-52-98(104)99-53-23-27-59-105(99)124)66-69-116(120)132-117-70-67-93(125-106-60-28-24-54-100(106)101-55-25-29-61-107(101)125)76-121(117)135(128-110(90-48-36-46-87(72-90)83-38-12-7-13-39-83)81-96(130(4,5)6)82-111(128)91-49-37-47-88(73-91)84-40-14-8-15-41-84)123-78-94(77-122(134)126(123)132)89-68-71-119-115(74-89)131(112-62-32-30-56-102(112)103-57-31-33-63-113(103)131)114-64-34-35-65-118(114)133(119)97-50-20-11-21-51-97/h7-82,124-125H,1-6H3/i22D,23D,24D,25D,26D,27D,28D,29D,52D,53D,54D,55D,58D,59D,60D,61D. The quantitative estimate of drug-likeness (QED) is 0.113. The van der Waals surface area contributed by atoms with Crippen LogP contribution in [0.2, 0.25) is 0 Å². The molecule has 0 atom stereocenters. The number of benzene rings is 20. The van der Waals surface area contributed by atoms with E-state index >= 15 is 0 Å². The van der Waals surface area contributed by atoms with E-state index in [-0.39, 0.29) is 44.5 Å². The molecule has 0 amide bonds. The predicted octanol–water partition coefficient (Wildman–Crippen LogP) is 32.5. The lowest BCUT2D eigenvalue weighted by molar-refractivity contribution is 0.590. The van der Waals surface area contributed by atoms with Crippen LogP contribution in [0.15, 0.2) is 461 Å². The summed E-state index contributed by atoms with van der Waals surface area (Å²) in [5, 5.41) is 0. The molecular weight excluding hydrogens is 1630 g/mol. The molecule has 26 rings (SSSR count). The van der Waals surface area contributed by atoms with Crippen LogP contribution >= 0.6 is 0 Å². The summed E-state index contributed by atoms with van der Waals surface area (Å²) in [6, 6.07) is 122. The van der Waals surface area contributed by atoms with Crippen LogP contribution < -0.4 is 31.1 Å². The fraction of sp³-hybridized carbons (Fsp3) is 0.0840. The van der Waals surface area contributed by atoms with Crippen molar-refractivity contribution >= 4 is 74.3 Å². The second-order valence-corrected chi connectivity index (χ2v) is 38.4. The minimum Gasteiger partial charge on any atom is -0.310 e. The topological polar surface area (TPSA) is 9.72 Å². The summed E-state index contributed by atoms with van der Waals surface area (Å²) in [5.41, 5.74) is 29.3. The molecule has 6 aliphatic rings. The van der Waals surface area contributed by atoms with Crippen molar-refractivity contribution in [3.05, 3.63) is 527 Å². The molecule has 3 aliphatic carbocycles. The summed E-state index contributed by atoms with van der Waals surface area (Å²) in [7, 11) is 0. The smallest absolute Gasteiger partial charge is 0.252 e. The summed E-state index contributed by atoms with van der Waals surface area (Å²) in [6.07, 6.45) is 0. The first-order chi connectivity index (χ1) is 72.9. The molecule has 135 heavy (non-hydrogen) atoms. The molecule has 3 heterocycles. The van der Waals surface area contributed by atoms with Crippen molar-refractivity contribution < 1.29 is 21.9 Å². The van der Waals surface area contributed by atoms with Crippen LogP contribution in [0.4, 0.5) is 51.2 Å². The van der Waals surface area contributed by atoms with Gasteiger partial charge in [-0.3, -0.25) is 0 Å². The first-order valence-corrected chi connectivity index (χ1v) is 46.5. The van der Waals surface area contributed by atoms with Gasteiger partial charge >= 0.3 is 0 Å². The zero-order valence-electron chi connectivity index (χ0n) is 91.2. The number of fused-ring (bicyclic) bond motifs is 19. The average Bonchev–Trinajstić information content (AvgIpc) is 1.53. The fourth-order valence-corrected chi connectivity index (χ4v) is 22.8. The number of rotatable bonds is 12. The molecule has 20 aromatic rings. The SMILES string of the molecule is [2H]c1c([2H])c([2H])c2c(c1[2H])-c1c([2H])c([2H])c([2H])c([2H])c1C2c1ccc2c(c1)N(c1c(-c3ccccc3)cc(C(C)(C)C)cc1-c1ccccc1)c1cc(-c3ccc4c(c3)C3(c5ccccc5-c5ccccc53)c3ccccc3N4c3ccccc3)cc3c1B2c1ccc(C2c4c([2H])c([2H])c([2H])c([2H])c4-c4c([2H])c([2H])c([2H])c([2H])c42)cc1N3c1c(-c2cccc(-c3ccccc3)c2)cc(C(C)(C)C)cc1-c1cccc(-c2ccccc2)c1. The number of nitrogens with zero attached hydrogens (tertiary/aromatic N) is 3. The molecule has 0 aromatic heterocycles. The molecule has 0 saturated carbocycles. The minimum atomic E-state index is -1.27. The van der Waals surface area contributed by atoms with Crippen molar-refractivity contribution in [3.63, 3.8) is 0 Å². The van der Waals surface area contributed by atoms with Gasteiger partial charge in [-0.2, -0.15) is 0 Å². The second kappa shape index (κ2) is 31.0. The Bertz CT molecular complexity index is 8920. The van der Waals surface area contributed by atoms with Gasteiger partial charge in [0, 0.05) is 62.5 Å². The Morgan fingerprint density at radius 3 is 1.01 bits per heavy atom. The van der Waals surface area contributed by atoms with E-state index in [9.17, 15) is 21.9 Å². The number of hydrogen-bond donors (Lipinski definition) is 0. The Kier molecular flexibility index (Phi) is 14.8. The van der Waals surface area contributed by atoms with Crippen molar-refractivity contribution in [2.75, 3.05) is 14.7 Å². The van der Waals surface area contributed by atoms with Crippen LogP contribution in [0.1, 0.15) is 142 Å². The summed E-state index contributed by atoms with van der Waals surface area (Å²) in [6.45, 7) is 12.5. The molecule has 0 fully saturated rings. The van der Waals surface area contributed by atoms with E-state index in [1.807, 2.05) is 42.5 Å². The summed E-state index contributed by atoms with van der Waals surface area (Å²) in [5.74, 6) is -2.53. The van der Waals surface area contributed by atoms with Gasteiger partial charge in [-0.25, -0.2) is 0 Å². The van der Waals surface area contributed by atoms with Crippen LogP contribution in [0.5, 0.6) is 0 Å². The maximum absolute atomic E-state index is 10.3. The van der Waals surface area contributed by atoms with Gasteiger partial charge in [0.1, 0.15) is 0 Å². The van der Waals surface area contributed by atoms with Crippen molar-refractivity contribution in [1.29, 1.82) is 0 Å². The van der Waals surface area contributed by atoms with Gasteiger partial charge in [0.05, 0.1) is 50.1 Å². The highest BCUT2D eigenvalue weighted by Crippen LogP contribution is 2.66. The molecule has 0 bridgehead atoms. The second-order valence-electron chi connectivity index (χ2n) is 38.4. The highest BCUT2D eigenvalue weighted by molar-refractivity contribution is 7.00. The summed E-state index contributed by atoms with van der Waals surface area (Å²) in [4.78, 5) is 7.26. The lowest BCUT2D eigenvalue weighted by atomic mass is 9.33. The number of hydrogen-bond acceptors (Lipinski definition) is 3. The lowest BCUT2D eigenvalue weighted by Crippen LogP contribution is -2.61. The molecule has 1 spiro atoms. The molecule has 0 saturated heterocycles. The predicted molar refractivity (Wildman–Crippen MR) is 567 cm³/mol. The Labute approximate surface area is 814 Å². The molecule has 0 unspecified atom stereocenters. The van der Waals surface area contributed by atoms with Crippen molar-refractivity contribution in [2.45, 2.75) is 69.6 Å². The maximum atomic E-state index is 10.3. The highest BCUT2D eigenvalue weighted by atomic mass is 15.2. The van der Waals surface area contributed by atoms with Gasteiger partial charge in [-0.1, -0.05) is 411 Å². The zero-order valence-corrected chi connectivity index (χ0v) is 75.2. The van der Waals surface area contributed by atoms with Gasteiger partial charge in [0.25, 0.3) is 6.71 Å². The largest absolute Gasteiger partial charge is 0.310 e. The summed E-state index contributed by atoms with van der Waals surface area (Å²) < 4.78 is 157. The maximum Gasteiger partial charge on any atom is 0.252 e. The number of para-hydroxylation sites is 2. The van der Waals surface area contributed by atoms with Crippen LogP contribution in [-0.4, -0.2) is 6.71 Å². The molecule has 4 heteroatoms.